The van der Waals surface area contributed by atoms with Crippen LogP contribution in [0.2, 0.25) is 0 Å². The summed E-state index contributed by atoms with van der Waals surface area (Å²) >= 11 is 3.36. The second-order valence-corrected chi connectivity index (χ2v) is 3.66. The Labute approximate surface area is 90.9 Å². The van der Waals surface area contributed by atoms with Gasteiger partial charge in [-0.05, 0) is 24.1 Å². The highest BCUT2D eigenvalue weighted by Crippen LogP contribution is 2.11. The maximum Gasteiger partial charge on any atom is 0.322 e. The molecule has 4 heteroatoms. The summed E-state index contributed by atoms with van der Waals surface area (Å²) in [5, 5.41) is 10.7. The van der Waals surface area contributed by atoms with E-state index < -0.39 is 5.91 Å². The van der Waals surface area contributed by atoms with Crippen molar-refractivity contribution in [2.45, 2.75) is 6.42 Å². The Bertz CT molecular complexity index is 371. The zero-order valence-corrected chi connectivity index (χ0v) is 9.04. The monoisotopic (exact) mass is 252 g/mol. The van der Waals surface area contributed by atoms with Crippen LogP contribution in [0.4, 0.5) is 0 Å². The molecule has 3 nitrogen and oxygen atoms in total. The predicted octanol–water partition coefficient (Wildman–Crippen LogP) is 1.63. The van der Waals surface area contributed by atoms with E-state index in [1.54, 1.807) is 0 Å². The van der Waals surface area contributed by atoms with Crippen LogP contribution in [-0.2, 0) is 11.2 Å². The van der Waals surface area contributed by atoms with Gasteiger partial charge < -0.3 is 5.32 Å². The molecular formula is C10H9BrN2O. The minimum atomic E-state index is -0.583. The Kier molecular flexibility index (Phi) is 4.14. The number of hydrogen-bond donors (Lipinski definition) is 1. The molecule has 0 heterocycles. The second kappa shape index (κ2) is 5.40. The van der Waals surface area contributed by atoms with Gasteiger partial charge in [0.05, 0.1) is 0 Å². The third-order valence-electron chi connectivity index (χ3n) is 1.69. The molecule has 1 aromatic rings. The van der Waals surface area contributed by atoms with E-state index in [2.05, 4.69) is 21.2 Å². The van der Waals surface area contributed by atoms with Crippen molar-refractivity contribution in [3.63, 3.8) is 0 Å². The van der Waals surface area contributed by atoms with Crippen molar-refractivity contribution in [3.05, 3.63) is 34.3 Å². The highest BCUT2D eigenvalue weighted by Gasteiger charge is 1.97. The largest absolute Gasteiger partial charge is 0.343 e. The number of carbonyl (C=O) groups excluding carboxylic acids is 1. The molecule has 0 unspecified atom stereocenters. The fourth-order valence-corrected chi connectivity index (χ4v) is 1.50. The molecule has 0 aliphatic rings. The number of amides is 1. The summed E-state index contributed by atoms with van der Waals surface area (Å²) in [6.45, 7) is 0.489. The zero-order valence-electron chi connectivity index (χ0n) is 7.46. The first-order chi connectivity index (χ1) is 6.72. The fraction of sp³-hybridized carbons (Fsp3) is 0.200. The Morgan fingerprint density at radius 3 is 3.00 bits per heavy atom. The maximum atomic E-state index is 10.6. The van der Waals surface area contributed by atoms with Crippen LogP contribution in [0, 0.1) is 11.3 Å². The first-order valence-electron chi connectivity index (χ1n) is 4.15. The highest BCUT2D eigenvalue weighted by atomic mass is 79.9. The van der Waals surface area contributed by atoms with Crippen LogP contribution in [0.5, 0.6) is 0 Å². The topological polar surface area (TPSA) is 52.9 Å². The third kappa shape index (κ3) is 3.58. The first kappa shape index (κ1) is 10.7. The van der Waals surface area contributed by atoms with E-state index in [0.717, 1.165) is 16.5 Å². The van der Waals surface area contributed by atoms with Crippen LogP contribution in [-0.4, -0.2) is 12.5 Å². The van der Waals surface area contributed by atoms with E-state index in [1.165, 1.54) is 6.07 Å². The summed E-state index contributed by atoms with van der Waals surface area (Å²) in [6.07, 6.45) is 0.729. The molecule has 72 valence electrons. The van der Waals surface area contributed by atoms with E-state index in [0.29, 0.717) is 6.54 Å². The van der Waals surface area contributed by atoms with Crippen molar-refractivity contribution in [1.29, 1.82) is 5.26 Å². The molecule has 1 N–H and O–H groups in total. The van der Waals surface area contributed by atoms with Crippen molar-refractivity contribution in [2.75, 3.05) is 6.54 Å². The number of halogens is 1. The van der Waals surface area contributed by atoms with Gasteiger partial charge in [0.2, 0.25) is 0 Å². The minimum Gasteiger partial charge on any atom is -0.343 e. The van der Waals surface area contributed by atoms with Crippen LogP contribution in [0.3, 0.4) is 0 Å². The lowest BCUT2D eigenvalue weighted by atomic mass is 10.1. The van der Waals surface area contributed by atoms with Crippen LogP contribution in [0.25, 0.3) is 0 Å². The molecule has 0 atom stereocenters. The average Bonchev–Trinajstić information content (AvgIpc) is 2.17. The molecule has 1 rings (SSSR count). The van der Waals surface area contributed by atoms with Crippen molar-refractivity contribution >= 4 is 21.8 Å². The molecule has 0 bridgehead atoms. The fourth-order valence-electron chi connectivity index (χ4n) is 1.05. The molecule has 0 aliphatic heterocycles. The van der Waals surface area contributed by atoms with E-state index in [1.807, 2.05) is 24.3 Å². The lowest BCUT2D eigenvalue weighted by Crippen LogP contribution is -2.23. The Morgan fingerprint density at radius 2 is 2.36 bits per heavy atom. The minimum absolute atomic E-state index is 0.489. The summed E-state index contributed by atoms with van der Waals surface area (Å²) in [4.78, 5) is 10.6. The molecule has 0 fully saturated rings. The van der Waals surface area contributed by atoms with Gasteiger partial charge in [-0.3, -0.25) is 4.79 Å². The lowest BCUT2D eigenvalue weighted by Gasteiger charge is -2.01. The van der Waals surface area contributed by atoms with Crippen LogP contribution >= 0.6 is 15.9 Å². The lowest BCUT2D eigenvalue weighted by molar-refractivity contribution is -0.115. The zero-order chi connectivity index (χ0) is 10.4. The molecule has 0 aromatic heterocycles. The summed E-state index contributed by atoms with van der Waals surface area (Å²) in [7, 11) is 0. The highest BCUT2D eigenvalue weighted by molar-refractivity contribution is 9.10. The average molecular weight is 253 g/mol. The van der Waals surface area contributed by atoms with Crippen molar-refractivity contribution in [3.8, 4) is 6.07 Å². The number of nitrogens with one attached hydrogen (secondary N) is 1. The Balaban J connectivity index is 2.39. The summed E-state index contributed by atoms with van der Waals surface area (Å²) in [6, 6.07) is 9.34. The predicted molar refractivity (Wildman–Crippen MR) is 56.5 cm³/mol. The van der Waals surface area contributed by atoms with Crippen LogP contribution < -0.4 is 5.32 Å². The van der Waals surface area contributed by atoms with Gasteiger partial charge in [-0.15, -0.1) is 0 Å². The second-order valence-electron chi connectivity index (χ2n) is 2.75. The van der Waals surface area contributed by atoms with E-state index in [-0.39, 0.29) is 0 Å². The molecule has 1 amide bonds. The van der Waals surface area contributed by atoms with Crippen molar-refractivity contribution in [2.24, 2.45) is 0 Å². The standard InChI is InChI=1S/C10H9BrN2O/c11-9-3-1-2-8(6-9)4-5-13-10(14)7-12/h1-3,6H,4-5H2,(H,13,14). The van der Waals surface area contributed by atoms with E-state index in [9.17, 15) is 4.79 Å². The van der Waals surface area contributed by atoms with Gasteiger partial charge in [-0.2, -0.15) is 5.26 Å². The molecule has 0 saturated heterocycles. The van der Waals surface area contributed by atoms with Gasteiger partial charge in [0.1, 0.15) is 0 Å². The number of carbonyl (C=O) groups is 1. The van der Waals surface area contributed by atoms with Gasteiger partial charge in [-0.25, -0.2) is 0 Å². The number of nitriles is 1. The summed E-state index contributed by atoms with van der Waals surface area (Å²) in [5.41, 5.74) is 1.12. The molecule has 0 aliphatic carbocycles. The molecular weight excluding hydrogens is 244 g/mol. The van der Waals surface area contributed by atoms with Gasteiger partial charge in [0.25, 0.3) is 0 Å². The van der Waals surface area contributed by atoms with Crippen LogP contribution in [0.1, 0.15) is 5.56 Å². The first-order valence-corrected chi connectivity index (χ1v) is 4.94. The molecule has 1 aromatic carbocycles. The Morgan fingerprint density at radius 1 is 1.57 bits per heavy atom. The van der Waals surface area contributed by atoms with Gasteiger partial charge in [0, 0.05) is 11.0 Å². The van der Waals surface area contributed by atoms with Crippen LogP contribution in [0.15, 0.2) is 28.7 Å². The van der Waals surface area contributed by atoms with Gasteiger partial charge >= 0.3 is 5.91 Å². The third-order valence-corrected chi connectivity index (χ3v) is 2.18. The van der Waals surface area contributed by atoms with Gasteiger partial charge in [0.15, 0.2) is 6.07 Å². The van der Waals surface area contributed by atoms with Crippen molar-refractivity contribution < 1.29 is 4.79 Å². The SMILES string of the molecule is N#CC(=O)NCCc1cccc(Br)c1. The number of hydrogen-bond acceptors (Lipinski definition) is 2. The smallest absolute Gasteiger partial charge is 0.322 e. The molecule has 14 heavy (non-hydrogen) atoms. The quantitative estimate of drug-likeness (QED) is 0.832. The summed E-state index contributed by atoms with van der Waals surface area (Å²) < 4.78 is 1.02. The number of benzene rings is 1. The maximum absolute atomic E-state index is 10.6. The molecule has 0 spiro atoms. The molecule has 0 radical (unpaired) electrons. The number of rotatable bonds is 3. The normalized spacial score (nSPS) is 9.14. The van der Waals surface area contributed by atoms with Crippen molar-refractivity contribution in [1.82, 2.24) is 5.32 Å². The van der Waals surface area contributed by atoms with Gasteiger partial charge in [-0.1, -0.05) is 28.1 Å². The Hall–Kier alpha value is -1.34. The summed E-state index contributed by atoms with van der Waals surface area (Å²) in [5.74, 6) is -0.583. The van der Waals surface area contributed by atoms with E-state index in [4.69, 9.17) is 5.26 Å². The van der Waals surface area contributed by atoms with E-state index >= 15 is 0 Å². The molecule has 0 saturated carbocycles. The number of nitrogens with zero attached hydrogens (tertiary/aromatic N) is 1.